The Kier molecular flexibility index (Phi) is 6.10. The molecule has 0 bridgehead atoms. The number of nitrogens with one attached hydrogen (secondary N) is 2. The standard InChI is InChI=1S/C13H20N2O2/c1-11(10-17-2)15-13(16)8-9-14-12-6-4-3-5-7-12/h3-7,11,14H,8-10H2,1-2H3,(H,15,16)/t11-/m1/s1. The van der Waals surface area contributed by atoms with Crippen LogP contribution >= 0.6 is 0 Å². The van der Waals surface area contributed by atoms with E-state index in [1.807, 2.05) is 37.3 Å². The van der Waals surface area contributed by atoms with Gasteiger partial charge in [0.25, 0.3) is 0 Å². The van der Waals surface area contributed by atoms with Gasteiger partial charge in [0.1, 0.15) is 0 Å². The number of hydrogen-bond acceptors (Lipinski definition) is 3. The normalized spacial score (nSPS) is 11.9. The molecule has 0 saturated heterocycles. The van der Waals surface area contributed by atoms with Gasteiger partial charge in [-0.15, -0.1) is 0 Å². The molecule has 0 spiro atoms. The Morgan fingerprint density at radius 1 is 1.35 bits per heavy atom. The van der Waals surface area contributed by atoms with Crippen LogP contribution in [0.2, 0.25) is 0 Å². The van der Waals surface area contributed by atoms with Crippen molar-refractivity contribution in [1.29, 1.82) is 0 Å². The third-order valence-corrected chi connectivity index (χ3v) is 2.28. The number of carbonyl (C=O) groups excluding carboxylic acids is 1. The molecule has 1 amide bonds. The molecule has 0 aliphatic rings. The van der Waals surface area contributed by atoms with Crippen LogP contribution in [-0.2, 0) is 9.53 Å². The minimum Gasteiger partial charge on any atom is -0.385 e. The predicted molar refractivity (Wildman–Crippen MR) is 69.0 cm³/mol. The highest BCUT2D eigenvalue weighted by Gasteiger charge is 2.05. The molecule has 0 fully saturated rings. The summed E-state index contributed by atoms with van der Waals surface area (Å²) in [7, 11) is 1.62. The van der Waals surface area contributed by atoms with E-state index in [9.17, 15) is 4.79 Å². The third-order valence-electron chi connectivity index (χ3n) is 2.28. The lowest BCUT2D eigenvalue weighted by atomic mass is 10.3. The lowest BCUT2D eigenvalue weighted by molar-refractivity contribution is -0.121. The Hall–Kier alpha value is -1.55. The van der Waals surface area contributed by atoms with Gasteiger partial charge in [0.05, 0.1) is 6.61 Å². The number of amides is 1. The molecule has 0 radical (unpaired) electrons. The fourth-order valence-corrected chi connectivity index (χ4v) is 1.52. The first-order valence-corrected chi connectivity index (χ1v) is 5.79. The van der Waals surface area contributed by atoms with Crippen molar-refractivity contribution in [3.8, 4) is 0 Å². The lowest BCUT2D eigenvalue weighted by Crippen LogP contribution is -2.36. The SMILES string of the molecule is COC[C@@H](C)NC(=O)CCNc1ccccc1. The lowest BCUT2D eigenvalue weighted by Gasteiger charge is -2.13. The predicted octanol–water partition coefficient (Wildman–Crippen LogP) is 1.64. The Morgan fingerprint density at radius 2 is 2.06 bits per heavy atom. The molecule has 2 N–H and O–H groups in total. The van der Waals surface area contributed by atoms with Gasteiger partial charge in [0, 0.05) is 31.8 Å². The maximum absolute atomic E-state index is 11.5. The summed E-state index contributed by atoms with van der Waals surface area (Å²) in [6.45, 7) is 3.10. The highest BCUT2D eigenvalue weighted by atomic mass is 16.5. The van der Waals surface area contributed by atoms with Crippen LogP contribution in [-0.4, -0.2) is 32.2 Å². The van der Waals surface area contributed by atoms with E-state index in [-0.39, 0.29) is 11.9 Å². The number of para-hydroxylation sites is 1. The van der Waals surface area contributed by atoms with E-state index in [1.54, 1.807) is 7.11 Å². The summed E-state index contributed by atoms with van der Waals surface area (Å²) in [6.07, 6.45) is 0.461. The molecular formula is C13H20N2O2. The third kappa shape index (κ3) is 5.92. The van der Waals surface area contributed by atoms with E-state index in [4.69, 9.17) is 4.74 Å². The maximum Gasteiger partial charge on any atom is 0.222 e. The molecule has 4 nitrogen and oxygen atoms in total. The van der Waals surface area contributed by atoms with Crippen LogP contribution in [0.25, 0.3) is 0 Å². The van der Waals surface area contributed by atoms with Crippen LogP contribution in [0.3, 0.4) is 0 Å². The first-order valence-electron chi connectivity index (χ1n) is 5.79. The molecule has 1 rings (SSSR count). The Labute approximate surface area is 102 Å². The summed E-state index contributed by atoms with van der Waals surface area (Å²) in [5.74, 6) is 0.0398. The molecular weight excluding hydrogens is 216 g/mol. The van der Waals surface area contributed by atoms with Gasteiger partial charge in [-0.25, -0.2) is 0 Å². The number of ether oxygens (including phenoxy) is 1. The number of anilines is 1. The topological polar surface area (TPSA) is 50.4 Å². The maximum atomic E-state index is 11.5. The van der Waals surface area contributed by atoms with Crippen molar-refractivity contribution >= 4 is 11.6 Å². The van der Waals surface area contributed by atoms with E-state index >= 15 is 0 Å². The van der Waals surface area contributed by atoms with E-state index in [1.165, 1.54) is 0 Å². The zero-order chi connectivity index (χ0) is 12.5. The zero-order valence-electron chi connectivity index (χ0n) is 10.4. The molecule has 4 heteroatoms. The van der Waals surface area contributed by atoms with Crippen molar-refractivity contribution < 1.29 is 9.53 Å². The van der Waals surface area contributed by atoms with Crippen molar-refractivity contribution in [3.63, 3.8) is 0 Å². The summed E-state index contributed by atoms with van der Waals surface area (Å²) in [5.41, 5.74) is 1.03. The number of benzene rings is 1. The fraction of sp³-hybridized carbons (Fsp3) is 0.462. The van der Waals surface area contributed by atoms with E-state index in [0.29, 0.717) is 19.6 Å². The molecule has 1 aromatic rings. The second-order valence-corrected chi connectivity index (χ2v) is 3.97. The van der Waals surface area contributed by atoms with Gasteiger partial charge in [-0.05, 0) is 19.1 Å². The first-order chi connectivity index (χ1) is 8.22. The van der Waals surface area contributed by atoms with Crippen molar-refractivity contribution in [3.05, 3.63) is 30.3 Å². The van der Waals surface area contributed by atoms with Gasteiger partial charge in [0.2, 0.25) is 5.91 Å². The second kappa shape index (κ2) is 7.68. The molecule has 94 valence electrons. The Balaban J connectivity index is 2.16. The molecule has 0 aromatic heterocycles. The molecule has 1 atom stereocenters. The smallest absolute Gasteiger partial charge is 0.222 e. The minimum absolute atomic E-state index is 0.0398. The summed E-state index contributed by atoms with van der Waals surface area (Å²) in [5, 5.41) is 6.05. The highest BCUT2D eigenvalue weighted by molar-refractivity contribution is 5.76. The highest BCUT2D eigenvalue weighted by Crippen LogP contribution is 2.04. The number of hydrogen-bond donors (Lipinski definition) is 2. The first kappa shape index (κ1) is 13.5. The van der Waals surface area contributed by atoms with E-state index in [0.717, 1.165) is 5.69 Å². The van der Waals surface area contributed by atoms with Crippen LogP contribution in [0.4, 0.5) is 5.69 Å². The number of carbonyl (C=O) groups is 1. The summed E-state index contributed by atoms with van der Waals surface area (Å²) in [4.78, 5) is 11.5. The van der Waals surface area contributed by atoms with Gasteiger partial charge in [0.15, 0.2) is 0 Å². The Bertz CT molecular complexity index is 327. The summed E-state index contributed by atoms with van der Waals surface area (Å²) < 4.78 is 4.95. The minimum atomic E-state index is 0.0398. The van der Waals surface area contributed by atoms with Gasteiger partial charge >= 0.3 is 0 Å². The summed E-state index contributed by atoms with van der Waals surface area (Å²) in [6, 6.07) is 9.90. The van der Waals surface area contributed by atoms with Crippen molar-refractivity contribution in [1.82, 2.24) is 5.32 Å². The van der Waals surface area contributed by atoms with Gasteiger partial charge in [-0.1, -0.05) is 18.2 Å². The largest absolute Gasteiger partial charge is 0.385 e. The van der Waals surface area contributed by atoms with Crippen LogP contribution in [0.5, 0.6) is 0 Å². The molecule has 0 heterocycles. The fourth-order valence-electron chi connectivity index (χ4n) is 1.52. The van der Waals surface area contributed by atoms with Gasteiger partial charge in [-0.3, -0.25) is 4.79 Å². The molecule has 1 aromatic carbocycles. The molecule has 0 unspecified atom stereocenters. The zero-order valence-corrected chi connectivity index (χ0v) is 10.4. The van der Waals surface area contributed by atoms with Crippen molar-refractivity contribution in [2.75, 3.05) is 25.6 Å². The Morgan fingerprint density at radius 3 is 2.71 bits per heavy atom. The van der Waals surface area contributed by atoms with Crippen LogP contribution < -0.4 is 10.6 Å². The van der Waals surface area contributed by atoms with E-state index in [2.05, 4.69) is 10.6 Å². The average Bonchev–Trinajstić information content (AvgIpc) is 2.30. The number of methoxy groups -OCH3 is 1. The van der Waals surface area contributed by atoms with Crippen LogP contribution in [0.15, 0.2) is 30.3 Å². The molecule has 0 aliphatic carbocycles. The van der Waals surface area contributed by atoms with Crippen molar-refractivity contribution in [2.45, 2.75) is 19.4 Å². The van der Waals surface area contributed by atoms with Gasteiger partial charge in [-0.2, -0.15) is 0 Å². The molecule has 0 saturated carbocycles. The molecule has 0 aliphatic heterocycles. The quantitative estimate of drug-likeness (QED) is 0.756. The molecule has 17 heavy (non-hydrogen) atoms. The van der Waals surface area contributed by atoms with E-state index < -0.39 is 0 Å². The van der Waals surface area contributed by atoms with Crippen molar-refractivity contribution in [2.24, 2.45) is 0 Å². The van der Waals surface area contributed by atoms with Crippen LogP contribution in [0, 0.1) is 0 Å². The monoisotopic (exact) mass is 236 g/mol. The van der Waals surface area contributed by atoms with Crippen LogP contribution in [0.1, 0.15) is 13.3 Å². The number of rotatable bonds is 7. The average molecular weight is 236 g/mol. The van der Waals surface area contributed by atoms with Gasteiger partial charge < -0.3 is 15.4 Å². The second-order valence-electron chi connectivity index (χ2n) is 3.97. The summed E-state index contributed by atoms with van der Waals surface area (Å²) >= 11 is 0.